The van der Waals surface area contributed by atoms with Crippen LogP contribution in [0.3, 0.4) is 0 Å². The molecule has 4 nitrogen and oxygen atoms in total. The summed E-state index contributed by atoms with van der Waals surface area (Å²) in [5.74, 6) is -0.915. The van der Waals surface area contributed by atoms with E-state index >= 15 is 0 Å². The Balaban J connectivity index is 1.27. The van der Waals surface area contributed by atoms with Crippen molar-refractivity contribution < 1.29 is 13.2 Å². The van der Waals surface area contributed by atoms with Gasteiger partial charge in [0.05, 0.1) is 5.52 Å². The minimum Gasteiger partial charge on any atom is -0.408 e. The molecule has 1 saturated carbocycles. The van der Waals surface area contributed by atoms with Crippen molar-refractivity contribution in [3.05, 3.63) is 69.7 Å². The number of nitrogens with one attached hydrogen (secondary N) is 1. The molecule has 1 aliphatic rings. The number of benzene rings is 2. The summed E-state index contributed by atoms with van der Waals surface area (Å²) in [5, 5.41) is 0. The van der Waals surface area contributed by atoms with E-state index in [2.05, 4.69) is 23.0 Å². The summed E-state index contributed by atoms with van der Waals surface area (Å²) >= 11 is 0. The van der Waals surface area contributed by atoms with Gasteiger partial charge in [-0.15, -0.1) is 0 Å². The number of hydrogen-bond acceptors (Lipinski definition) is 3. The molecule has 1 aromatic heterocycles. The lowest BCUT2D eigenvalue weighted by molar-refractivity contribution is 0.181. The fourth-order valence-corrected chi connectivity index (χ4v) is 4.49. The maximum Gasteiger partial charge on any atom is 0.417 e. The number of aryl methyl sites for hydroxylation is 1. The highest BCUT2D eigenvalue weighted by Crippen LogP contribution is 2.35. The third-order valence-electron chi connectivity index (χ3n) is 6.21. The van der Waals surface area contributed by atoms with Crippen molar-refractivity contribution in [1.82, 2.24) is 9.88 Å². The zero-order valence-corrected chi connectivity index (χ0v) is 16.6. The van der Waals surface area contributed by atoms with E-state index in [9.17, 15) is 13.6 Å². The number of hydrogen-bond donors (Lipinski definition) is 1. The molecule has 0 unspecified atom stereocenters. The number of H-pyrrole nitrogens is 1. The first-order chi connectivity index (χ1) is 14.0. The Kier molecular flexibility index (Phi) is 5.81. The molecule has 4 rings (SSSR count). The highest BCUT2D eigenvalue weighted by molar-refractivity contribution is 5.72. The van der Waals surface area contributed by atoms with Gasteiger partial charge in [-0.2, -0.15) is 0 Å². The Morgan fingerprint density at radius 3 is 2.66 bits per heavy atom. The van der Waals surface area contributed by atoms with E-state index in [-0.39, 0.29) is 0 Å². The fraction of sp³-hybridized carbons (Fsp3) is 0.435. The van der Waals surface area contributed by atoms with Crippen LogP contribution < -0.4 is 5.76 Å². The zero-order valence-electron chi connectivity index (χ0n) is 16.6. The van der Waals surface area contributed by atoms with E-state index in [0.29, 0.717) is 29.5 Å². The molecule has 1 aliphatic carbocycles. The van der Waals surface area contributed by atoms with Crippen LogP contribution in [0.1, 0.15) is 49.1 Å². The molecule has 29 heavy (non-hydrogen) atoms. The minimum absolute atomic E-state index is 0.414. The summed E-state index contributed by atoms with van der Waals surface area (Å²) in [7, 11) is 2.13. The summed E-state index contributed by atoms with van der Waals surface area (Å²) in [4.78, 5) is 16.4. The molecule has 1 heterocycles. The van der Waals surface area contributed by atoms with Gasteiger partial charge in [0.25, 0.3) is 0 Å². The van der Waals surface area contributed by atoms with Gasteiger partial charge in [0.2, 0.25) is 0 Å². The fourth-order valence-electron chi connectivity index (χ4n) is 4.49. The van der Waals surface area contributed by atoms with E-state index in [1.54, 1.807) is 6.07 Å². The van der Waals surface area contributed by atoms with Gasteiger partial charge in [-0.3, -0.25) is 4.98 Å². The molecule has 0 bridgehead atoms. The SMILES string of the molecule is CN(CCCc1ccc(F)cc1F)[C@H]1CC[C@H](c2ccc3[nH]c(=O)oc3c2)CC1. The van der Waals surface area contributed by atoms with E-state index in [4.69, 9.17) is 4.42 Å². The molecule has 0 saturated heterocycles. The van der Waals surface area contributed by atoms with Crippen LogP contribution in [-0.2, 0) is 6.42 Å². The molecule has 1 fully saturated rings. The van der Waals surface area contributed by atoms with Crippen LogP contribution in [-0.4, -0.2) is 29.5 Å². The van der Waals surface area contributed by atoms with Gasteiger partial charge in [0, 0.05) is 12.1 Å². The number of aromatic amines is 1. The highest BCUT2D eigenvalue weighted by atomic mass is 19.1. The van der Waals surface area contributed by atoms with Gasteiger partial charge in [0.15, 0.2) is 5.58 Å². The Morgan fingerprint density at radius 1 is 1.10 bits per heavy atom. The largest absolute Gasteiger partial charge is 0.417 e. The van der Waals surface area contributed by atoms with Gasteiger partial charge in [-0.25, -0.2) is 13.6 Å². The van der Waals surface area contributed by atoms with Gasteiger partial charge in [0.1, 0.15) is 11.6 Å². The monoisotopic (exact) mass is 400 g/mol. The van der Waals surface area contributed by atoms with Crippen LogP contribution in [0.25, 0.3) is 11.1 Å². The van der Waals surface area contributed by atoms with Gasteiger partial charge < -0.3 is 9.32 Å². The molecular weight excluding hydrogens is 374 g/mol. The first-order valence-corrected chi connectivity index (χ1v) is 10.3. The standard InChI is InChI=1S/C23H26F2N2O2/c1-27(12-2-3-16-4-8-18(24)14-20(16)25)19-9-5-15(6-10-19)17-7-11-21-22(13-17)29-23(28)26-21/h4,7-8,11,13-15,19H,2-3,5-6,9-10,12H2,1H3,(H,26,28)/t15-,19-. The van der Waals surface area contributed by atoms with E-state index < -0.39 is 17.4 Å². The molecule has 0 atom stereocenters. The zero-order chi connectivity index (χ0) is 20.4. The Labute approximate surface area is 168 Å². The van der Waals surface area contributed by atoms with Crippen LogP contribution in [0.4, 0.5) is 8.78 Å². The summed E-state index contributed by atoms with van der Waals surface area (Å²) < 4.78 is 31.9. The summed E-state index contributed by atoms with van der Waals surface area (Å²) in [6.45, 7) is 0.895. The van der Waals surface area contributed by atoms with Crippen molar-refractivity contribution >= 4 is 11.1 Å². The normalized spacial score (nSPS) is 19.9. The molecule has 6 heteroatoms. The van der Waals surface area contributed by atoms with Crippen molar-refractivity contribution in [3.8, 4) is 0 Å². The van der Waals surface area contributed by atoms with E-state index in [0.717, 1.165) is 50.2 Å². The van der Waals surface area contributed by atoms with Crippen molar-refractivity contribution in [3.63, 3.8) is 0 Å². The maximum atomic E-state index is 13.8. The number of aromatic nitrogens is 1. The van der Waals surface area contributed by atoms with Gasteiger partial charge in [-0.05, 0) is 87.4 Å². The first-order valence-electron chi connectivity index (χ1n) is 10.3. The van der Waals surface area contributed by atoms with Crippen molar-refractivity contribution in [2.75, 3.05) is 13.6 Å². The lowest BCUT2D eigenvalue weighted by Gasteiger charge is -2.35. The lowest BCUT2D eigenvalue weighted by atomic mass is 9.81. The molecule has 2 aromatic carbocycles. The van der Waals surface area contributed by atoms with Gasteiger partial charge >= 0.3 is 5.76 Å². The second-order valence-corrected chi connectivity index (χ2v) is 8.10. The Morgan fingerprint density at radius 2 is 1.90 bits per heavy atom. The second-order valence-electron chi connectivity index (χ2n) is 8.10. The molecule has 0 spiro atoms. The van der Waals surface area contributed by atoms with Crippen molar-refractivity contribution in [2.45, 2.75) is 50.5 Å². The molecule has 1 N–H and O–H groups in total. The topological polar surface area (TPSA) is 49.2 Å². The third-order valence-corrected chi connectivity index (χ3v) is 6.21. The first kappa shape index (κ1) is 19.8. The number of oxazole rings is 1. The maximum absolute atomic E-state index is 13.8. The summed E-state index contributed by atoms with van der Waals surface area (Å²) in [6.07, 6.45) is 5.89. The molecule has 0 radical (unpaired) electrons. The van der Waals surface area contributed by atoms with Crippen LogP contribution in [0.15, 0.2) is 45.6 Å². The molecule has 154 valence electrons. The molecule has 0 amide bonds. The highest BCUT2D eigenvalue weighted by Gasteiger charge is 2.25. The summed E-state index contributed by atoms with van der Waals surface area (Å²) in [5.41, 5.74) is 3.17. The average molecular weight is 400 g/mol. The average Bonchev–Trinajstić information content (AvgIpc) is 3.09. The molecule has 0 aliphatic heterocycles. The van der Waals surface area contributed by atoms with E-state index in [1.807, 2.05) is 12.1 Å². The predicted octanol–water partition coefficient (Wildman–Crippen LogP) is 4.99. The van der Waals surface area contributed by atoms with Gasteiger partial charge in [-0.1, -0.05) is 12.1 Å². The van der Waals surface area contributed by atoms with Crippen LogP contribution in [0.2, 0.25) is 0 Å². The van der Waals surface area contributed by atoms with Crippen molar-refractivity contribution in [2.24, 2.45) is 0 Å². The lowest BCUT2D eigenvalue weighted by Crippen LogP contribution is -2.35. The third kappa shape index (κ3) is 4.58. The smallest absolute Gasteiger partial charge is 0.408 e. The second kappa shape index (κ2) is 8.49. The van der Waals surface area contributed by atoms with Crippen LogP contribution in [0.5, 0.6) is 0 Å². The van der Waals surface area contributed by atoms with Crippen molar-refractivity contribution in [1.29, 1.82) is 0 Å². The molecular formula is C23H26F2N2O2. The number of halogens is 2. The van der Waals surface area contributed by atoms with Crippen LogP contribution in [0, 0.1) is 11.6 Å². The van der Waals surface area contributed by atoms with Crippen LogP contribution >= 0.6 is 0 Å². The summed E-state index contributed by atoms with van der Waals surface area (Å²) in [6, 6.07) is 10.3. The number of rotatable bonds is 6. The minimum atomic E-state index is -0.530. The molecule has 3 aromatic rings. The van der Waals surface area contributed by atoms with E-state index in [1.165, 1.54) is 11.6 Å². The Bertz CT molecular complexity index is 1030. The Hall–Kier alpha value is -2.47. The predicted molar refractivity (Wildman–Crippen MR) is 109 cm³/mol. The number of nitrogens with zero attached hydrogens (tertiary/aromatic N) is 1. The quantitative estimate of drug-likeness (QED) is 0.634. The number of fused-ring (bicyclic) bond motifs is 1.